The highest BCUT2D eigenvalue weighted by atomic mass is 16.5. The summed E-state index contributed by atoms with van der Waals surface area (Å²) in [5.41, 5.74) is 10.3. The van der Waals surface area contributed by atoms with Gasteiger partial charge < -0.3 is 36.6 Å². The second-order valence-corrected chi connectivity index (χ2v) is 5.24. The Morgan fingerprint density at radius 3 is 2.45 bits per heavy atom. The van der Waals surface area contributed by atoms with Crippen LogP contribution in [0.2, 0.25) is 0 Å². The topological polar surface area (TPSA) is 184 Å². The van der Waals surface area contributed by atoms with Gasteiger partial charge in [-0.3, -0.25) is 15.1 Å². The van der Waals surface area contributed by atoms with Gasteiger partial charge in [-0.05, 0) is 19.8 Å². The van der Waals surface area contributed by atoms with E-state index in [9.17, 15) is 25.2 Å². The van der Waals surface area contributed by atoms with Crippen LogP contribution in [0.1, 0.15) is 19.8 Å². The average Bonchev–Trinajstić information content (AvgIpc) is 2.44. The van der Waals surface area contributed by atoms with Crippen LogP contribution in [-0.4, -0.2) is 75.6 Å². The minimum Gasteiger partial charge on any atom is -0.480 e. The molecule has 1 fully saturated rings. The van der Waals surface area contributed by atoms with Gasteiger partial charge in [0.15, 0.2) is 5.96 Å². The van der Waals surface area contributed by atoms with Crippen LogP contribution in [-0.2, 0) is 9.53 Å². The van der Waals surface area contributed by atoms with Crippen molar-refractivity contribution >= 4 is 11.9 Å². The molecule has 10 nitrogen and oxygen atoms in total. The maximum Gasteiger partial charge on any atom is 0.320 e. The smallest absolute Gasteiger partial charge is 0.320 e. The Balaban J connectivity index is 2.58. The maximum absolute atomic E-state index is 11.2. The quantitative estimate of drug-likeness (QED) is 0.145. The Morgan fingerprint density at radius 1 is 1.27 bits per heavy atom. The van der Waals surface area contributed by atoms with Gasteiger partial charge in [0.05, 0.1) is 6.10 Å². The van der Waals surface area contributed by atoms with E-state index in [1.165, 1.54) is 6.92 Å². The predicted octanol–water partition coefficient (Wildman–Crippen LogP) is -3.09. The fourth-order valence-electron chi connectivity index (χ4n) is 2.17. The third-order valence-corrected chi connectivity index (χ3v) is 3.46. The van der Waals surface area contributed by atoms with Crippen LogP contribution in [0.3, 0.4) is 0 Å². The van der Waals surface area contributed by atoms with Crippen molar-refractivity contribution in [1.82, 2.24) is 5.32 Å². The second kappa shape index (κ2) is 8.25. The molecule has 1 rings (SSSR count). The lowest BCUT2D eigenvalue weighted by atomic mass is 9.98. The Morgan fingerprint density at radius 2 is 1.91 bits per heavy atom. The van der Waals surface area contributed by atoms with E-state index in [0.29, 0.717) is 6.42 Å². The van der Waals surface area contributed by atoms with E-state index in [2.05, 4.69) is 10.3 Å². The zero-order valence-corrected chi connectivity index (χ0v) is 12.3. The predicted molar refractivity (Wildman–Crippen MR) is 76.8 cm³/mol. The number of carboxylic acid groups (broad SMARTS) is 1. The van der Waals surface area contributed by atoms with E-state index in [4.69, 9.17) is 16.2 Å². The van der Waals surface area contributed by atoms with Crippen molar-refractivity contribution in [2.45, 2.75) is 56.5 Å². The van der Waals surface area contributed by atoms with E-state index < -0.39 is 42.7 Å². The summed E-state index contributed by atoms with van der Waals surface area (Å²) < 4.78 is 5.30. The highest BCUT2D eigenvalue weighted by Crippen LogP contribution is 2.20. The van der Waals surface area contributed by atoms with Crippen LogP contribution in [0, 0.1) is 0 Å². The van der Waals surface area contributed by atoms with Gasteiger partial charge in [0.2, 0.25) is 0 Å². The molecule has 128 valence electrons. The summed E-state index contributed by atoms with van der Waals surface area (Å²) in [7, 11) is 0. The molecule has 0 aromatic rings. The van der Waals surface area contributed by atoms with Crippen molar-refractivity contribution in [3.63, 3.8) is 0 Å². The second-order valence-electron chi connectivity index (χ2n) is 5.24. The van der Waals surface area contributed by atoms with E-state index in [0.717, 1.165) is 0 Å². The molecule has 0 radical (unpaired) electrons. The number of nitrogens with one attached hydrogen (secondary N) is 1. The molecule has 1 aliphatic rings. The number of carbonyl (C=O) groups is 1. The molecule has 0 saturated carbocycles. The summed E-state index contributed by atoms with van der Waals surface area (Å²) in [4.78, 5) is 15.0. The average molecular weight is 320 g/mol. The molecule has 10 heteroatoms. The van der Waals surface area contributed by atoms with Crippen LogP contribution in [0.5, 0.6) is 0 Å². The van der Waals surface area contributed by atoms with E-state index in [-0.39, 0.29) is 18.9 Å². The van der Waals surface area contributed by atoms with Crippen LogP contribution in [0.25, 0.3) is 0 Å². The molecule has 9 N–H and O–H groups in total. The number of aliphatic hydroxyl groups is 3. The lowest BCUT2D eigenvalue weighted by molar-refractivity contribution is -0.227. The first-order valence-electron chi connectivity index (χ1n) is 6.98. The molecule has 0 amide bonds. The summed E-state index contributed by atoms with van der Waals surface area (Å²) >= 11 is 0. The number of guanidine groups is 1. The number of carboxylic acids is 1. The zero-order chi connectivity index (χ0) is 16.9. The molecule has 0 aromatic carbocycles. The van der Waals surface area contributed by atoms with E-state index in [1.54, 1.807) is 0 Å². The lowest BCUT2D eigenvalue weighted by Crippen LogP contribution is -2.63. The van der Waals surface area contributed by atoms with Gasteiger partial charge in [0.1, 0.15) is 30.6 Å². The minimum absolute atomic E-state index is 0.0724. The summed E-state index contributed by atoms with van der Waals surface area (Å²) in [6.07, 6.45) is -5.33. The monoisotopic (exact) mass is 320 g/mol. The Hall–Kier alpha value is -1.46. The number of aliphatic hydroxyl groups excluding tert-OH is 3. The van der Waals surface area contributed by atoms with E-state index in [1.807, 2.05) is 0 Å². The highest BCUT2D eigenvalue weighted by Gasteiger charge is 2.42. The van der Waals surface area contributed by atoms with Gasteiger partial charge in [-0.25, -0.2) is 0 Å². The molecule has 0 aliphatic carbocycles. The first-order chi connectivity index (χ1) is 10.2. The van der Waals surface area contributed by atoms with Crippen molar-refractivity contribution in [2.75, 3.05) is 6.54 Å². The summed E-state index contributed by atoms with van der Waals surface area (Å²) in [5.74, 6) is -1.20. The molecule has 0 aromatic heterocycles. The molecule has 22 heavy (non-hydrogen) atoms. The SMILES string of the molecule is C[C@@H]1OC(N[C@@H](CCCN=C(N)N)C(=O)O)[C@H](O)[C@H](O)[C@H]1O. The Labute approximate surface area is 127 Å². The standard InChI is InChI=1S/C12H24N4O6/c1-5-7(17)8(18)9(19)10(22-5)16-6(11(20)21)3-2-4-15-12(13)14/h5-10,16-19H,2-4H2,1H3,(H,20,21)(H4,13,14,15)/t5-,6-,7-,8+,9+,10?/m0/s1. The molecule has 1 heterocycles. The van der Waals surface area contributed by atoms with Crippen molar-refractivity contribution in [3.05, 3.63) is 0 Å². The first-order valence-corrected chi connectivity index (χ1v) is 6.98. The fraction of sp³-hybridized carbons (Fsp3) is 0.833. The number of nitrogens with zero attached hydrogens (tertiary/aromatic N) is 1. The molecular formula is C12H24N4O6. The third kappa shape index (κ3) is 5.07. The minimum atomic E-state index is -1.44. The molecule has 0 spiro atoms. The van der Waals surface area contributed by atoms with Crippen molar-refractivity contribution < 1.29 is 30.0 Å². The largest absolute Gasteiger partial charge is 0.480 e. The number of nitrogens with two attached hydrogens (primary N) is 2. The van der Waals surface area contributed by atoms with Crippen LogP contribution < -0.4 is 16.8 Å². The molecule has 6 atom stereocenters. The van der Waals surface area contributed by atoms with Crippen LogP contribution in [0.15, 0.2) is 4.99 Å². The van der Waals surface area contributed by atoms with Crippen LogP contribution in [0.4, 0.5) is 0 Å². The van der Waals surface area contributed by atoms with Gasteiger partial charge in [-0.1, -0.05) is 0 Å². The molecule has 1 unspecified atom stereocenters. The van der Waals surface area contributed by atoms with Gasteiger partial charge in [0, 0.05) is 6.54 Å². The van der Waals surface area contributed by atoms with Gasteiger partial charge in [0.25, 0.3) is 0 Å². The lowest BCUT2D eigenvalue weighted by Gasteiger charge is -2.40. The van der Waals surface area contributed by atoms with Gasteiger partial charge in [-0.2, -0.15) is 0 Å². The Bertz CT molecular complexity index is 403. The normalized spacial score (nSPS) is 33.2. The maximum atomic E-state index is 11.2. The molecule has 1 aliphatic heterocycles. The zero-order valence-electron chi connectivity index (χ0n) is 12.3. The number of rotatable bonds is 7. The molecule has 1 saturated heterocycles. The molecule has 0 bridgehead atoms. The third-order valence-electron chi connectivity index (χ3n) is 3.46. The van der Waals surface area contributed by atoms with Crippen molar-refractivity contribution in [2.24, 2.45) is 16.5 Å². The number of ether oxygens (including phenoxy) is 1. The number of aliphatic carboxylic acids is 1. The summed E-state index contributed by atoms with van der Waals surface area (Å²) in [6.45, 7) is 1.79. The number of aliphatic imine (C=N–C) groups is 1. The number of hydrogen-bond donors (Lipinski definition) is 7. The van der Waals surface area contributed by atoms with Gasteiger partial charge >= 0.3 is 5.97 Å². The first kappa shape index (κ1) is 18.6. The number of hydrogen-bond acceptors (Lipinski definition) is 7. The summed E-state index contributed by atoms with van der Waals surface area (Å²) in [5, 5.41) is 40.9. The van der Waals surface area contributed by atoms with E-state index >= 15 is 0 Å². The van der Waals surface area contributed by atoms with Gasteiger partial charge in [-0.15, -0.1) is 0 Å². The van der Waals surface area contributed by atoms with Crippen molar-refractivity contribution in [1.29, 1.82) is 0 Å². The highest BCUT2D eigenvalue weighted by molar-refractivity contribution is 5.75. The summed E-state index contributed by atoms with van der Waals surface area (Å²) in [6, 6.07) is -1.01. The Kier molecular flexibility index (Phi) is 6.97. The van der Waals surface area contributed by atoms with Crippen LogP contribution >= 0.6 is 0 Å². The fourth-order valence-corrected chi connectivity index (χ4v) is 2.17. The molecular weight excluding hydrogens is 296 g/mol. The van der Waals surface area contributed by atoms with Crippen molar-refractivity contribution in [3.8, 4) is 0 Å².